The monoisotopic (exact) mass is 867 g/mol. The molecular formula is C48H61N5O8S. The number of anilines is 1. The van der Waals surface area contributed by atoms with Crippen LogP contribution in [0.2, 0.25) is 0 Å². The van der Waals surface area contributed by atoms with Gasteiger partial charge in [0, 0.05) is 31.8 Å². The molecule has 0 bridgehead atoms. The maximum absolute atomic E-state index is 14.3. The zero-order chi connectivity index (χ0) is 43.5. The third-order valence-electron chi connectivity index (χ3n) is 14.0. The number of hydrogen-bond donors (Lipinski definition) is 1. The molecule has 3 aromatic carbocycles. The molecule has 5 heterocycles. The van der Waals surface area contributed by atoms with Crippen LogP contribution in [0.5, 0.6) is 11.5 Å². The Morgan fingerprint density at radius 3 is 2.16 bits per heavy atom. The van der Waals surface area contributed by atoms with Gasteiger partial charge in [-0.15, -0.1) is 0 Å². The first-order chi connectivity index (χ1) is 29.9. The van der Waals surface area contributed by atoms with E-state index in [9.17, 15) is 27.6 Å². The highest BCUT2D eigenvalue weighted by atomic mass is 32.2. The van der Waals surface area contributed by atoms with Crippen LogP contribution in [-0.2, 0) is 19.4 Å². The summed E-state index contributed by atoms with van der Waals surface area (Å²) in [4.78, 5) is 60.9. The molecule has 0 aromatic heterocycles. The molecule has 5 aliphatic rings. The summed E-state index contributed by atoms with van der Waals surface area (Å²) >= 11 is 0. The van der Waals surface area contributed by atoms with Crippen molar-refractivity contribution in [3.05, 3.63) is 88.5 Å². The van der Waals surface area contributed by atoms with E-state index in [2.05, 4.69) is 44.3 Å². The molecule has 5 aliphatic heterocycles. The fourth-order valence-electron chi connectivity index (χ4n) is 10.6. The van der Waals surface area contributed by atoms with Crippen molar-refractivity contribution < 1.29 is 37.1 Å². The smallest absolute Gasteiger partial charge is 0.264 e. The van der Waals surface area contributed by atoms with E-state index < -0.39 is 33.4 Å². The minimum absolute atomic E-state index is 0.178. The number of carbonyl (C=O) groups is 4. The predicted octanol–water partition coefficient (Wildman–Crippen LogP) is 5.95. The van der Waals surface area contributed by atoms with E-state index >= 15 is 0 Å². The van der Waals surface area contributed by atoms with Crippen LogP contribution in [0, 0.1) is 5.92 Å². The molecule has 0 radical (unpaired) electrons. The van der Waals surface area contributed by atoms with Gasteiger partial charge < -0.3 is 24.2 Å². The van der Waals surface area contributed by atoms with Gasteiger partial charge in [0.15, 0.2) is 11.5 Å². The quantitative estimate of drug-likeness (QED) is 0.192. The van der Waals surface area contributed by atoms with E-state index in [1.165, 1.54) is 25.5 Å². The summed E-state index contributed by atoms with van der Waals surface area (Å²) in [6.07, 6.45) is 9.93. The first-order valence-corrected chi connectivity index (χ1v) is 24.6. The Hall–Kier alpha value is -4.79. The van der Waals surface area contributed by atoms with Gasteiger partial charge in [0.05, 0.1) is 48.2 Å². The van der Waals surface area contributed by atoms with Crippen LogP contribution in [0.15, 0.2) is 60.7 Å². The second kappa shape index (κ2) is 18.9. The second-order valence-electron chi connectivity index (χ2n) is 17.9. The molecule has 14 heteroatoms. The fraction of sp³-hybridized carbons (Fsp3) is 0.542. The van der Waals surface area contributed by atoms with Gasteiger partial charge in [-0.1, -0.05) is 36.4 Å². The van der Waals surface area contributed by atoms with Crippen LogP contribution in [0.4, 0.5) is 5.69 Å². The zero-order valence-electron chi connectivity index (χ0n) is 36.4. The number of piperidine rings is 4. The van der Waals surface area contributed by atoms with Gasteiger partial charge in [0.2, 0.25) is 11.8 Å². The first kappa shape index (κ1) is 43.8. The summed E-state index contributed by atoms with van der Waals surface area (Å²) in [6.45, 7) is 9.34. The number of sulfone groups is 1. The summed E-state index contributed by atoms with van der Waals surface area (Å²) in [5.74, 6) is 0.0310. The van der Waals surface area contributed by atoms with Crippen LogP contribution in [0.25, 0.3) is 0 Å². The van der Waals surface area contributed by atoms with Crippen molar-refractivity contribution in [2.75, 3.05) is 76.4 Å². The maximum atomic E-state index is 14.3. The molecular weight excluding hydrogens is 807 g/mol. The molecule has 1 N–H and O–H groups in total. The Labute approximate surface area is 366 Å². The Morgan fingerprint density at radius 1 is 0.790 bits per heavy atom. The van der Waals surface area contributed by atoms with Crippen molar-refractivity contribution in [3.8, 4) is 11.5 Å². The van der Waals surface area contributed by atoms with E-state index in [0.29, 0.717) is 65.5 Å². The van der Waals surface area contributed by atoms with Crippen LogP contribution < -0.4 is 19.7 Å². The predicted molar refractivity (Wildman–Crippen MR) is 238 cm³/mol. The number of rotatable bonds is 14. The summed E-state index contributed by atoms with van der Waals surface area (Å²) < 4.78 is 36.7. The van der Waals surface area contributed by atoms with E-state index in [-0.39, 0.29) is 17.7 Å². The normalized spacial score (nSPS) is 21.9. The number of fused-ring (bicyclic) bond motifs is 1. The molecule has 4 saturated heterocycles. The third-order valence-corrected chi connectivity index (χ3v) is 15.0. The average molecular weight is 868 g/mol. The number of hydrogen-bond acceptors (Lipinski definition) is 11. The summed E-state index contributed by atoms with van der Waals surface area (Å²) in [5.41, 5.74) is 4.21. The van der Waals surface area contributed by atoms with Gasteiger partial charge in [0.1, 0.15) is 9.84 Å². The maximum Gasteiger partial charge on any atom is 0.264 e. The Balaban J connectivity index is 0.807. The van der Waals surface area contributed by atoms with Gasteiger partial charge in [-0.2, -0.15) is 0 Å². The highest BCUT2D eigenvalue weighted by Gasteiger charge is 2.44. The minimum Gasteiger partial charge on any atom is -0.493 e. The van der Waals surface area contributed by atoms with Crippen molar-refractivity contribution >= 4 is 39.2 Å². The van der Waals surface area contributed by atoms with Crippen molar-refractivity contribution in [3.63, 3.8) is 0 Å². The molecule has 4 fully saturated rings. The molecule has 13 nitrogen and oxygen atoms in total. The van der Waals surface area contributed by atoms with Crippen molar-refractivity contribution in [1.29, 1.82) is 0 Å². The Bertz CT molecular complexity index is 2240. The molecule has 332 valence electrons. The summed E-state index contributed by atoms with van der Waals surface area (Å²) in [5, 5.41) is 2.48. The summed E-state index contributed by atoms with van der Waals surface area (Å²) in [6, 6.07) is 18.6. The van der Waals surface area contributed by atoms with Crippen LogP contribution in [0.1, 0.15) is 120 Å². The topological polar surface area (TPSA) is 146 Å². The minimum atomic E-state index is -3.61. The zero-order valence-corrected chi connectivity index (χ0v) is 37.2. The van der Waals surface area contributed by atoms with Gasteiger partial charge >= 0.3 is 0 Å². The lowest BCUT2D eigenvalue weighted by Crippen LogP contribution is -2.47. The summed E-state index contributed by atoms with van der Waals surface area (Å²) in [7, 11) is -2.09. The van der Waals surface area contributed by atoms with Crippen molar-refractivity contribution in [2.45, 2.75) is 88.6 Å². The molecule has 0 spiro atoms. The Kier molecular flexibility index (Phi) is 13.4. The van der Waals surface area contributed by atoms with E-state index in [1.54, 1.807) is 24.3 Å². The van der Waals surface area contributed by atoms with Gasteiger partial charge in [0.25, 0.3) is 11.8 Å². The van der Waals surface area contributed by atoms with Gasteiger partial charge in [-0.25, -0.2) is 8.42 Å². The van der Waals surface area contributed by atoms with E-state index in [0.717, 1.165) is 100 Å². The number of methoxy groups -OCH3 is 1. The van der Waals surface area contributed by atoms with Crippen molar-refractivity contribution in [1.82, 2.24) is 20.0 Å². The lowest BCUT2D eigenvalue weighted by Gasteiger charge is -2.42. The molecule has 1 unspecified atom stereocenters. The molecule has 8 rings (SSSR count). The van der Waals surface area contributed by atoms with E-state index in [4.69, 9.17) is 9.47 Å². The first-order valence-electron chi connectivity index (χ1n) is 22.5. The van der Waals surface area contributed by atoms with Crippen molar-refractivity contribution in [2.24, 2.45) is 5.92 Å². The highest BCUT2D eigenvalue weighted by molar-refractivity contribution is 7.90. The van der Waals surface area contributed by atoms with Crippen LogP contribution >= 0.6 is 0 Å². The van der Waals surface area contributed by atoms with E-state index in [1.807, 2.05) is 19.1 Å². The average Bonchev–Trinajstić information content (AvgIpc) is 3.53. The second-order valence-corrected chi connectivity index (χ2v) is 20.1. The number of likely N-dealkylation sites (tertiary alicyclic amines) is 2. The Morgan fingerprint density at radius 2 is 1.50 bits per heavy atom. The number of imide groups is 2. The lowest BCUT2D eigenvalue weighted by molar-refractivity contribution is -0.134. The molecule has 0 aliphatic carbocycles. The standard InChI is InChI=1S/C48H61N5O8S/c1-4-61-43-30-36(12-14-42(43)60-2)41(31-62(3,58)59)53-47(56)39-6-5-7-40(45(39)48(53)57)52-26-17-32(18-27-52)16-23-50-24-21-37(22-25-50)51-28-19-34(20-29-51)33-8-10-35(11-9-33)38-13-15-44(54)49-46(38)55/h5-12,14,30,32,34,37-38,41H,4,13,15-29,31H2,1-3H3,(H,49,54,55)/t38?,41-/m1/s1. The largest absolute Gasteiger partial charge is 0.493 e. The van der Waals surface area contributed by atoms with Gasteiger partial charge in [-0.05, 0) is 144 Å². The van der Waals surface area contributed by atoms with Gasteiger partial charge in [-0.3, -0.25) is 29.4 Å². The van der Waals surface area contributed by atoms with Crippen LogP contribution in [0.3, 0.4) is 0 Å². The number of benzene rings is 3. The number of carbonyl (C=O) groups excluding carboxylic acids is 4. The lowest BCUT2D eigenvalue weighted by atomic mass is 9.85. The molecule has 62 heavy (non-hydrogen) atoms. The number of nitrogens with zero attached hydrogens (tertiary/aromatic N) is 4. The molecule has 0 saturated carbocycles. The van der Waals surface area contributed by atoms with Crippen LogP contribution in [-0.4, -0.2) is 124 Å². The highest BCUT2D eigenvalue weighted by Crippen LogP contribution is 2.41. The SMILES string of the molecule is CCOc1cc([C@@H](CS(C)(=O)=O)N2C(=O)c3cccc(N4CCC(CCN5CCC(N6CCC(c7ccc(C8CCC(=O)NC8=O)cc7)CC6)CC5)CC4)c3C2=O)ccc1OC. The molecule has 4 amide bonds. The fourth-order valence-corrected chi connectivity index (χ4v) is 11.5. The third kappa shape index (κ3) is 9.57. The number of amides is 4. The molecule has 2 atom stereocenters. The molecule has 3 aromatic rings. The number of nitrogens with one attached hydrogen (secondary N) is 1. The number of ether oxygens (including phenoxy) is 2.